The molecule has 0 aliphatic rings. The second kappa shape index (κ2) is 6.22. The summed E-state index contributed by atoms with van der Waals surface area (Å²) in [5, 5.41) is 3.50. The van der Waals surface area contributed by atoms with E-state index >= 15 is 0 Å². The number of hydrogen-bond donors (Lipinski definition) is 0. The minimum absolute atomic E-state index is 0.367. The third kappa shape index (κ3) is 2.67. The Morgan fingerprint density at radius 3 is 2.58 bits per heavy atom. The summed E-state index contributed by atoms with van der Waals surface area (Å²) in [6.45, 7) is 0.397. The number of halogens is 1. The van der Waals surface area contributed by atoms with Crippen LogP contribution < -0.4 is 11.2 Å². The molecule has 0 amide bonds. The molecule has 0 bridgehead atoms. The maximum atomic E-state index is 12.5. The first-order valence-electron chi connectivity index (χ1n) is 7.77. The summed E-state index contributed by atoms with van der Waals surface area (Å²) in [5.41, 5.74) is 1.79. The molecule has 0 radical (unpaired) electrons. The molecule has 9 heteroatoms. The summed E-state index contributed by atoms with van der Waals surface area (Å²) >= 11 is 7.45. The van der Waals surface area contributed by atoms with Crippen LogP contribution >= 0.6 is 22.9 Å². The Kier molecular flexibility index (Phi) is 4.01. The third-order valence-corrected chi connectivity index (χ3v) is 5.38. The SMILES string of the molecule is Cn1c(=O)c2c(ncn2Cc2csc(-c3ccc(Cl)cc3)n2)n(C)c1=O. The maximum absolute atomic E-state index is 12.5. The van der Waals surface area contributed by atoms with Gasteiger partial charge in [-0.2, -0.15) is 0 Å². The molecular formula is C17H14ClN5O2S. The molecule has 0 fully saturated rings. The van der Waals surface area contributed by atoms with Gasteiger partial charge in [-0.1, -0.05) is 23.7 Å². The van der Waals surface area contributed by atoms with E-state index in [0.717, 1.165) is 20.8 Å². The van der Waals surface area contributed by atoms with Gasteiger partial charge in [0.1, 0.15) is 5.01 Å². The average molecular weight is 388 g/mol. The zero-order chi connectivity index (χ0) is 18.4. The lowest BCUT2D eigenvalue weighted by Crippen LogP contribution is -2.37. The van der Waals surface area contributed by atoms with Crippen LogP contribution in [0.3, 0.4) is 0 Å². The van der Waals surface area contributed by atoms with Crippen molar-refractivity contribution in [3.8, 4) is 10.6 Å². The van der Waals surface area contributed by atoms with Gasteiger partial charge >= 0.3 is 5.69 Å². The van der Waals surface area contributed by atoms with Gasteiger partial charge in [0.25, 0.3) is 5.56 Å². The van der Waals surface area contributed by atoms with Gasteiger partial charge in [-0.3, -0.25) is 13.9 Å². The highest BCUT2D eigenvalue weighted by Crippen LogP contribution is 2.25. The molecule has 3 heterocycles. The van der Waals surface area contributed by atoms with E-state index in [4.69, 9.17) is 11.6 Å². The van der Waals surface area contributed by atoms with Gasteiger partial charge in [0.15, 0.2) is 11.2 Å². The summed E-state index contributed by atoms with van der Waals surface area (Å²) in [4.78, 5) is 33.4. The van der Waals surface area contributed by atoms with Crippen molar-refractivity contribution in [3.05, 3.63) is 67.5 Å². The number of rotatable bonds is 3. The lowest BCUT2D eigenvalue weighted by molar-refractivity contribution is 0.701. The van der Waals surface area contributed by atoms with Gasteiger partial charge in [0.2, 0.25) is 0 Å². The molecule has 0 saturated carbocycles. The minimum atomic E-state index is -0.397. The van der Waals surface area contributed by atoms with Crippen LogP contribution in [-0.2, 0) is 20.6 Å². The first-order chi connectivity index (χ1) is 12.5. The van der Waals surface area contributed by atoms with Crippen LogP contribution in [0.2, 0.25) is 5.02 Å². The Labute approximate surface area is 156 Å². The number of aryl methyl sites for hydroxylation is 1. The molecule has 132 valence electrons. The molecule has 4 rings (SSSR count). The number of hydrogen-bond acceptors (Lipinski definition) is 5. The predicted octanol–water partition coefficient (Wildman–Crippen LogP) is 2.26. The van der Waals surface area contributed by atoms with Crippen LogP contribution in [0.5, 0.6) is 0 Å². The summed E-state index contributed by atoms with van der Waals surface area (Å²) in [6.07, 6.45) is 1.56. The number of thiazole rings is 1. The maximum Gasteiger partial charge on any atom is 0.332 e. The van der Waals surface area contributed by atoms with E-state index in [-0.39, 0.29) is 5.56 Å². The largest absolute Gasteiger partial charge is 0.332 e. The van der Waals surface area contributed by atoms with E-state index in [9.17, 15) is 9.59 Å². The number of aromatic nitrogens is 5. The van der Waals surface area contributed by atoms with E-state index in [1.807, 2.05) is 29.6 Å². The molecule has 0 N–H and O–H groups in total. The molecule has 0 spiro atoms. The first-order valence-corrected chi connectivity index (χ1v) is 9.02. The molecule has 0 unspecified atom stereocenters. The highest BCUT2D eigenvalue weighted by molar-refractivity contribution is 7.13. The lowest BCUT2D eigenvalue weighted by Gasteiger charge is -2.05. The van der Waals surface area contributed by atoms with E-state index < -0.39 is 5.69 Å². The second-order valence-electron chi connectivity index (χ2n) is 5.90. The third-order valence-electron chi connectivity index (χ3n) is 4.19. The Bertz CT molecular complexity index is 1230. The lowest BCUT2D eigenvalue weighted by atomic mass is 10.2. The Morgan fingerprint density at radius 1 is 1.12 bits per heavy atom. The van der Waals surface area contributed by atoms with Crippen molar-refractivity contribution in [1.29, 1.82) is 0 Å². The van der Waals surface area contributed by atoms with Crippen LogP contribution in [0.15, 0.2) is 45.6 Å². The van der Waals surface area contributed by atoms with Crippen LogP contribution in [0.4, 0.5) is 0 Å². The number of imidazole rings is 1. The van der Waals surface area contributed by atoms with Crippen molar-refractivity contribution in [2.24, 2.45) is 14.1 Å². The first kappa shape index (κ1) is 16.7. The van der Waals surface area contributed by atoms with Crippen molar-refractivity contribution < 1.29 is 0 Å². The minimum Gasteiger partial charge on any atom is -0.319 e. The Balaban J connectivity index is 1.74. The molecule has 7 nitrogen and oxygen atoms in total. The van der Waals surface area contributed by atoms with Crippen LogP contribution in [-0.4, -0.2) is 23.7 Å². The van der Waals surface area contributed by atoms with E-state index in [1.165, 1.54) is 23.0 Å². The van der Waals surface area contributed by atoms with Gasteiger partial charge in [0.05, 0.1) is 18.6 Å². The Hall–Kier alpha value is -2.71. The molecule has 0 atom stereocenters. The van der Waals surface area contributed by atoms with Gasteiger partial charge < -0.3 is 4.57 Å². The Morgan fingerprint density at radius 2 is 1.85 bits per heavy atom. The molecule has 3 aromatic heterocycles. The zero-order valence-electron chi connectivity index (χ0n) is 14.0. The van der Waals surface area contributed by atoms with Gasteiger partial charge in [-0.25, -0.2) is 14.8 Å². The highest BCUT2D eigenvalue weighted by Gasteiger charge is 2.15. The predicted molar refractivity (Wildman–Crippen MR) is 102 cm³/mol. The van der Waals surface area contributed by atoms with Crippen LogP contribution in [0, 0.1) is 0 Å². The van der Waals surface area contributed by atoms with E-state index in [1.54, 1.807) is 17.9 Å². The summed E-state index contributed by atoms with van der Waals surface area (Å²) in [7, 11) is 3.06. The summed E-state index contributed by atoms with van der Waals surface area (Å²) in [5.74, 6) is 0. The topological polar surface area (TPSA) is 74.7 Å². The number of benzene rings is 1. The summed E-state index contributed by atoms with van der Waals surface area (Å²) < 4.78 is 4.17. The molecule has 0 aliphatic heterocycles. The molecule has 1 aromatic carbocycles. The van der Waals surface area contributed by atoms with Crippen molar-refractivity contribution in [2.75, 3.05) is 0 Å². The summed E-state index contributed by atoms with van der Waals surface area (Å²) in [6, 6.07) is 7.49. The second-order valence-corrected chi connectivity index (χ2v) is 7.20. The molecule has 4 aromatic rings. The van der Waals surface area contributed by atoms with Crippen molar-refractivity contribution >= 4 is 34.1 Å². The van der Waals surface area contributed by atoms with Crippen molar-refractivity contribution in [2.45, 2.75) is 6.54 Å². The molecular weight excluding hydrogens is 374 g/mol. The zero-order valence-corrected chi connectivity index (χ0v) is 15.6. The quantitative estimate of drug-likeness (QED) is 0.540. The normalized spacial score (nSPS) is 11.3. The standard InChI is InChI=1S/C17H14ClN5O2S/c1-21-14-13(16(24)22(2)17(21)25)23(9-19-14)7-12-8-26-15(20-12)10-3-5-11(18)6-4-10/h3-6,8-9H,7H2,1-2H3. The number of fused-ring (bicyclic) bond motifs is 1. The van der Waals surface area contributed by atoms with Crippen molar-refractivity contribution in [3.63, 3.8) is 0 Å². The van der Waals surface area contributed by atoms with Gasteiger partial charge in [0, 0.05) is 30.1 Å². The fraction of sp³-hybridized carbons (Fsp3) is 0.176. The van der Waals surface area contributed by atoms with E-state index in [2.05, 4.69) is 9.97 Å². The van der Waals surface area contributed by atoms with Crippen LogP contribution in [0.1, 0.15) is 5.69 Å². The van der Waals surface area contributed by atoms with Crippen LogP contribution in [0.25, 0.3) is 21.7 Å². The van der Waals surface area contributed by atoms with E-state index in [0.29, 0.717) is 22.7 Å². The average Bonchev–Trinajstić information content (AvgIpc) is 3.26. The number of nitrogens with zero attached hydrogens (tertiary/aromatic N) is 5. The highest BCUT2D eigenvalue weighted by atomic mass is 35.5. The van der Waals surface area contributed by atoms with Gasteiger partial charge in [-0.05, 0) is 12.1 Å². The molecule has 0 saturated heterocycles. The fourth-order valence-corrected chi connectivity index (χ4v) is 3.74. The molecule has 0 aliphatic carbocycles. The monoisotopic (exact) mass is 387 g/mol. The fourth-order valence-electron chi connectivity index (χ4n) is 2.80. The van der Waals surface area contributed by atoms with Crippen molar-refractivity contribution in [1.82, 2.24) is 23.7 Å². The van der Waals surface area contributed by atoms with Gasteiger partial charge in [-0.15, -0.1) is 11.3 Å². The smallest absolute Gasteiger partial charge is 0.319 e. The molecule has 26 heavy (non-hydrogen) atoms.